The van der Waals surface area contributed by atoms with Gasteiger partial charge in [0.15, 0.2) is 5.13 Å². The molecule has 4 aromatic rings. The second-order valence-corrected chi connectivity index (χ2v) is 10.2. The quantitative estimate of drug-likeness (QED) is 0.202. The van der Waals surface area contributed by atoms with Gasteiger partial charge in [-0.05, 0) is 66.6 Å². The molecule has 1 fully saturated rings. The first-order chi connectivity index (χ1) is 17.3. The monoisotopic (exact) mass is 520 g/mol. The van der Waals surface area contributed by atoms with Gasteiger partial charge in [0.2, 0.25) is 0 Å². The smallest absolute Gasteiger partial charge is 0.301 e. The minimum absolute atomic E-state index is 0.0147. The number of aromatic nitrogens is 1. The van der Waals surface area contributed by atoms with Crippen LogP contribution in [0.4, 0.5) is 9.52 Å². The molecule has 2 aliphatic rings. The van der Waals surface area contributed by atoms with E-state index in [4.69, 9.17) is 16.3 Å². The number of ether oxygens (including phenoxy) is 1. The Kier molecular flexibility index (Phi) is 5.31. The Labute approximate surface area is 214 Å². The number of carbonyl (C=O) groups is 2. The Morgan fingerprint density at radius 3 is 2.69 bits per heavy atom. The van der Waals surface area contributed by atoms with Crippen molar-refractivity contribution in [3.05, 3.63) is 93.8 Å². The molecule has 9 heteroatoms. The minimum Gasteiger partial charge on any atom is -0.507 e. The molecule has 1 N–H and O–H groups in total. The van der Waals surface area contributed by atoms with Crippen LogP contribution in [-0.2, 0) is 16.0 Å². The van der Waals surface area contributed by atoms with Gasteiger partial charge in [-0.1, -0.05) is 35.1 Å². The second kappa shape index (κ2) is 8.43. The van der Waals surface area contributed by atoms with E-state index in [1.165, 1.54) is 23.1 Å². The second-order valence-electron chi connectivity index (χ2n) is 8.78. The number of anilines is 1. The lowest BCUT2D eigenvalue weighted by molar-refractivity contribution is -0.132. The molecule has 2 atom stereocenters. The van der Waals surface area contributed by atoms with E-state index in [2.05, 4.69) is 4.98 Å². The topological polar surface area (TPSA) is 79.7 Å². The number of halogens is 2. The van der Waals surface area contributed by atoms with Gasteiger partial charge in [-0.25, -0.2) is 9.37 Å². The summed E-state index contributed by atoms with van der Waals surface area (Å²) >= 11 is 7.19. The first-order valence-corrected chi connectivity index (χ1v) is 12.4. The predicted octanol–water partition coefficient (Wildman–Crippen LogP) is 6.04. The average molecular weight is 521 g/mol. The summed E-state index contributed by atoms with van der Waals surface area (Å²) in [6, 6.07) is 15.1. The van der Waals surface area contributed by atoms with Gasteiger partial charge in [0, 0.05) is 17.0 Å². The van der Waals surface area contributed by atoms with Crippen molar-refractivity contribution in [3.63, 3.8) is 0 Å². The summed E-state index contributed by atoms with van der Waals surface area (Å²) < 4.78 is 20.1. The van der Waals surface area contributed by atoms with Gasteiger partial charge in [-0.3, -0.25) is 14.5 Å². The van der Waals surface area contributed by atoms with Crippen LogP contribution in [0.25, 0.3) is 16.0 Å². The fourth-order valence-electron chi connectivity index (χ4n) is 4.70. The predicted molar refractivity (Wildman–Crippen MR) is 136 cm³/mol. The van der Waals surface area contributed by atoms with Crippen LogP contribution in [0.5, 0.6) is 5.75 Å². The lowest BCUT2D eigenvalue weighted by Crippen LogP contribution is -2.29. The van der Waals surface area contributed by atoms with Crippen LogP contribution in [-0.4, -0.2) is 27.9 Å². The molecule has 0 aliphatic carbocycles. The van der Waals surface area contributed by atoms with Gasteiger partial charge >= 0.3 is 5.91 Å². The highest BCUT2D eigenvalue weighted by atomic mass is 35.5. The molecule has 0 spiro atoms. The van der Waals surface area contributed by atoms with Crippen LogP contribution in [0.1, 0.15) is 29.7 Å². The largest absolute Gasteiger partial charge is 0.507 e. The van der Waals surface area contributed by atoms with Crippen molar-refractivity contribution in [2.24, 2.45) is 0 Å². The highest BCUT2D eigenvalue weighted by Gasteiger charge is 2.48. The van der Waals surface area contributed by atoms with E-state index >= 15 is 0 Å². The van der Waals surface area contributed by atoms with Crippen LogP contribution in [0, 0.1) is 5.82 Å². The maximum atomic E-state index is 13.8. The van der Waals surface area contributed by atoms with Crippen molar-refractivity contribution in [2.75, 3.05) is 4.90 Å². The Balaban J connectivity index is 1.53. The molecule has 180 valence electrons. The van der Waals surface area contributed by atoms with Gasteiger partial charge in [-0.15, -0.1) is 0 Å². The van der Waals surface area contributed by atoms with E-state index in [1.54, 1.807) is 42.5 Å². The number of rotatable bonds is 3. The van der Waals surface area contributed by atoms with Crippen LogP contribution in [0.2, 0.25) is 5.02 Å². The standard InChI is InChI=1S/C27H18ClFN2O4S/c1-13-10-16-11-15(4-9-20(16)35-13)24(32)22-23(14-2-5-17(28)6-3-14)31(26(34)25(22)33)27-30-19-8-7-18(29)12-21(19)36-27/h2-9,11-13,23,32H,10H2,1H3/b24-22+. The number of fused-ring (bicyclic) bond motifs is 2. The first kappa shape index (κ1) is 22.7. The van der Waals surface area contributed by atoms with Crippen molar-refractivity contribution in [3.8, 4) is 5.75 Å². The van der Waals surface area contributed by atoms with Crippen LogP contribution in [0.3, 0.4) is 0 Å². The van der Waals surface area contributed by atoms with Gasteiger partial charge in [0.25, 0.3) is 5.78 Å². The summed E-state index contributed by atoms with van der Waals surface area (Å²) in [7, 11) is 0. The van der Waals surface area contributed by atoms with E-state index < -0.39 is 23.5 Å². The molecule has 6 rings (SSSR count). The molecular formula is C27H18ClFN2O4S. The number of aliphatic hydroxyl groups is 1. The van der Waals surface area contributed by atoms with Crippen molar-refractivity contribution in [1.29, 1.82) is 0 Å². The Morgan fingerprint density at radius 2 is 1.92 bits per heavy atom. The number of amides is 1. The van der Waals surface area contributed by atoms with Crippen molar-refractivity contribution < 1.29 is 23.8 Å². The fourth-order valence-corrected chi connectivity index (χ4v) is 5.85. The third-order valence-corrected chi connectivity index (χ3v) is 7.61. The fraction of sp³-hybridized carbons (Fsp3) is 0.148. The molecule has 6 nitrogen and oxygen atoms in total. The number of ketones is 1. The normalized spacial score (nSPS) is 20.7. The van der Waals surface area contributed by atoms with Gasteiger partial charge in [-0.2, -0.15) is 0 Å². The molecule has 2 unspecified atom stereocenters. The van der Waals surface area contributed by atoms with Crippen LogP contribution >= 0.6 is 22.9 Å². The van der Waals surface area contributed by atoms with E-state index in [-0.39, 0.29) is 22.6 Å². The molecule has 36 heavy (non-hydrogen) atoms. The van der Waals surface area contributed by atoms with E-state index in [1.807, 2.05) is 6.92 Å². The minimum atomic E-state index is -0.948. The lowest BCUT2D eigenvalue weighted by atomic mass is 9.94. The molecule has 3 heterocycles. The maximum Gasteiger partial charge on any atom is 0.301 e. The molecule has 0 radical (unpaired) electrons. The van der Waals surface area contributed by atoms with Crippen molar-refractivity contribution >= 4 is 55.7 Å². The average Bonchev–Trinajstić information content (AvgIpc) is 3.51. The van der Waals surface area contributed by atoms with Crippen molar-refractivity contribution in [2.45, 2.75) is 25.5 Å². The van der Waals surface area contributed by atoms with Crippen molar-refractivity contribution in [1.82, 2.24) is 4.98 Å². The summed E-state index contributed by atoms with van der Waals surface area (Å²) in [5, 5.41) is 12.1. The zero-order valence-corrected chi connectivity index (χ0v) is 20.4. The number of nitrogens with zero attached hydrogens (tertiary/aromatic N) is 2. The number of carbonyl (C=O) groups excluding carboxylic acids is 2. The number of Topliss-reactive ketones (excluding diaryl/α,β-unsaturated/α-hetero) is 1. The Morgan fingerprint density at radius 1 is 1.14 bits per heavy atom. The molecule has 1 amide bonds. The van der Waals surface area contributed by atoms with E-state index in [9.17, 15) is 19.1 Å². The Hall–Kier alpha value is -3.75. The highest BCUT2D eigenvalue weighted by molar-refractivity contribution is 7.22. The first-order valence-electron chi connectivity index (χ1n) is 11.2. The van der Waals surface area contributed by atoms with Gasteiger partial charge in [0.1, 0.15) is 23.4 Å². The van der Waals surface area contributed by atoms with E-state index in [0.717, 1.165) is 22.6 Å². The number of hydrogen-bond donors (Lipinski definition) is 1. The highest BCUT2D eigenvalue weighted by Crippen LogP contribution is 2.45. The summed E-state index contributed by atoms with van der Waals surface area (Å²) in [4.78, 5) is 32.5. The summed E-state index contributed by atoms with van der Waals surface area (Å²) in [5.74, 6) is -1.64. The molecule has 2 aliphatic heterocycles. The molecule has 1 saturated heterocycles. The zero-order valence-electron chi connectivity index (χ0n) is 18.9. The third-order valence-electron chi connectivity index (χ3n) is 6.34. The maximum absolute atomic E-state index is 13.8. The molecule has 0 saturated carbocycles. The molecular weight excluding hydrogens is 503 g/mol. The van der Waals surface area contributed by atoms with Crippen LogP contribution < -0.4 is 9.64 Å². The third kappa shape index (κ3) is 3.65. The summed E-state index contributed by atoms with van der Waals surface area (Å²) in [6.07, 6.45) is 0.689. The van der Waals surface area contributed by atoms with Crippen LogP contribution in [0.15, 0.2) is 66.2 Å². The van der Waals surface area contributed by atoms with Gasteiger partial charge < -0.3 is 9.84 Å². The lowest BCUT2D eigenvalue weighted by Gasteiger charge is -2.23. The van der Waals surface area contributed by atoms with E-state index in [0.29, 0.717) is 32.8 Å². The summed E-state index contributed by atoms with van der Waals surface area (Å²) in [5.41, 5.74) is 2.34. The number of thiazole rings is 1. The summed E-state index contributed by atoms with van der Waals surface area (Å²) in [6.45, 7) is 1.95. The van der Waals surface area contributed by atoms with Gasteiger partial charge in [0.05, 0.1) is 21.8 Å². The SMILES string of the molecule is CC1Cc2cc(/C(O)=C3\C(=O)C(=O)N(c4nc5ccc(F)cc5s4)C3c3ccc(Cl)cc3)ccc2O1. The number of hydrogen-bond acceptors (Lipinski definition) is 6. The molecule has 1 aromatic heterocycles. The molecule has 0 bridgehead atoms. The number of benzene rings is 3. The number of aliphatic hydroxyl groups excluding tert-OH is 1. The Bertz CT molecular complexity index is 1600. The zero-order chi connectivity index (χ0) is 25.1. The molecule has 3 aromatic carbocycles.